The van der Waals surface area contributed by atoms with Gasteiger partial charge in [0.25, 0.3) is 5.91 Å². The van der Waals surface area contributed by atoms with Gasteiger partial charge in [-0.2, -0.15) is 13.2 Å². The van der Waals surface area contributed by atoms with Crippen molar-refractivity contribution in [2.75, 3.05) is 6.54 Å². The SMILES string of the molecule is C#C/C=C\C=C(/CC(F)(F)F)C(=O)N1CCn2nc(OCc3ccccc3)cc2C1. The maximum absolute atomic E-state index is 12.9. The molecule has 0 fully saturated rings. The van der Waals surface area contributed by atoms with Crippen LogP contribution in [0.1, 0.15) is 17.7 Å². The van der Waals surface area contributed by atoms with Crippen LogP contribution in [0.3, 0.4) is 0 Å². The molecule has 2 heterocycles. The Morgan fingerprint density at radius 3 is 2.73 bits per heavy atom. The van der Waals surface area contributed by atoms with E-state index in [0.29, 0.717) is 24.7 Å². The topological polar surface area (TPSA) is 47.4 Å². The van der Waals surface area contributed by atoms with Crippen molar-refractivity contribution in [2.45, 2.75) is 32.3 Å². The highest BCUT2D eigenvalue weighted by Crippen LogP contribution is 2.27. The molecule has 2 aromatic rings. The zero-order valence-corrected chi connectivity index (χ0v) is 16.1. The van der Waals surface area contributed by atoms with Gasteiger partial charge in [0, 0.05) is 18.2 Å². The number of carbonyl (C=O) groups is 1. The number of hydrogen-bond donors (Lipinski definition) is 0. The summed E-state index contributed by atoms with van der Waals surface area (Å²) in [6.45, 7) is 1.11. The Bertz CT molecular complexity index is 985. The van der Waals surface area contributed by atoms with Gasteiger partial charge in [0.2, 0.25) is 5.88 Å². The number of alkyl halides is 3. The molecule has 0 radical (unpaired) electrons. The van der Waals surface area contributed by atoms with Crippen molar-refractivity contribution in [2.24, 2.45) is 0 Å². The van der Waals surface area contributed by atoms with E-state index in [-0.39, 0.29) is 18.7 Å². The lowest BCUT2D eigenvalue weighted by atomic mass is 10.1. The van der Waals surface area contributed by atoms with Crippen LogP contribution < -0.4 is 4.74 Å². The van der Waals surface area contributed by atoms with Gasteiger partial charge in [-0.3, -0.25) is 9.48 Å². The minimum atomic E-state index is -4.50. The second kappa shape index (κ2) is 9.35. The van der Waals surface area contributed by atoms with Crippen LogP contribution in [0.15, 0.2) is 60.2 Å². The molecule has 0 spiro atoms. The van der Waals surface area contributed by atoms with E-state index in [2.05, 4.69) is 11.0 Å². The fraction of sp³-hybridized carbons (Fsp3) is 0.273. The zero-order chi connectivity index (χ0) is 21.6. The first-order valence-corrected chi connectivity index (χ1v) is 9.27. The summed E-state index contributed by atoms with van der Waals surface area (Å²) in [6, 6.07) is 11.3. The van der Waals surface area contributed by atoms with E-state index in [4.69, 9.17) is 11.2 Å². The molecule has 0 aliphatic carbocycles. The summed E-state index contributed by atoms with van der Waals surface area (Å²) in [4.78, 5) is 14.1. The van der Waals surface area contributed by atoms with Gasteiger partial charge in [-0.1, -0.05) is 48.4 Å². The normalized spacial score (nSPS) is 14.5. The molecule has 5 nitrogen and oxygen atoms in total. The number of amides is 1. The Balaban J connectivity index is 1.69. The van der Waals surface area contributed by atoms with Crippen LogP contribution in [0.25, 0.3) is 0 Å². The number of halogens is 3. The van der Waals surface area contributed by atoms with Crippen molar-refractivity contribution >= 4 is 5.91 Å². The summed E-state index contributed by atoms with van der Waals surface area (Å²) in [7, 11) is 0. The Hall–Kier alpha value is -3.47. The lowest BCUT2D eigenvalue weighted by molar-refractivity contribution is -0.140. The molecule has 0 bridgehead atoms. The number of hydrogen-bond acceptors (Lipinski definition) is 3. The van der Waals surface area contributed by atoms with E-state index in [1.54, 1.807) is 10.7 Å². The second-order valence-electron chi connectivity index (χ2n) is 6.71. The largest absolute Gasteiger partial charge is 0.472 e. The fourth-order valence-corrected chi connectivity index (χ4v) is 3.06. The maximum atomic E-state index is 12.9. The molecule has 1 amide bonds. The van der Waals surface area contributed by atoms with Gasteiger partial charge in [0.15, 0.2) is 0 Å². The van der Waals surface area contributed by atoms with E-state index < -0.39 is 18.5 Å². The molecule has 0 N–H and O–H groups in total. The molecule has 8 heteroatoms. The third-order valence-corrected chi connectivity index (χ3v) is 4.45. The first kappa shape index (κ1) is 21.2. The first-order valence-electron chi connectivity index (χ1n) is 9.27. The molecule has 1 aromatic carbocycles. The van der Waals surface area contributed by atoms with E-state index >= 15 is 0 Å². The second-order valence-corrected chi connectivity index (χ2v) is 6.71. The van der Waals surface area contributed by atoms with Crippen LogP contribution in [-0.2, 0) is 24.5 Å². The average molecular weight is 415 g/mol. The van der Waals surface area contributed by atoms with Gasteiger partial charge in [0.05, 0.1) is 25.2 Å². The molecule has 0 saturated heterocycles. The third kappa shape index (κ3) is 5.77. The molecule has 3 rings (SSSR count). The lowest BCUT2D eigenvalue weighted by Gasteiger charge is -2.28. The molecule has 1 aliphatic heterocycles. The Morgan fingerprint density at radius 2 is 2.03 bits per heavy atom. The Labute approximate surface area is 172 Å². The number of nitrogens with zero attached hydrogens (tertiary/aromatic N) is 3. The molecule has 0 atom stereocenters. The fourth-order valence-electron chi connectivity index (χ4n) is 3.06. The van der Waals surface area contributed by atoms with E-state index in [1.165, 1.54) is 17.1 Å². The summed E-state index contributed by atoms with van der Waals surface area (Å²) in [5, 5.41) is 4.35. The Morgan fingerprint density at radius 1 is 1.27 bits per heavy atom. The zero-order valence-electron chi connectivity index (χ0n) is 16.1. The van der Waals surface area contributed by atoms with Crippen LogP contribution in [0.4, 0.5) is 13.2 Å². The maximum Gasteiger partial charge on any atom is 0.393 e. The summed E-state index contributed by atoms with van der Waals surface area (Å²) in [6.07, 6.45) is 2.89. The number of benzene rings is 1. The quantitative estimate of drug-likeness (QED) is 0.409. The molecule has 156 valence electrons. The van der Waals surface area contributed by atoms with Gasteiger partial charge in [-0.05, 0) is 11.6 Å². The van der Waals surface area contributed by atoms with Crippen molar-refractivity contribution < 1.29 is 22.7 Å². The lowest BCUT2D eigenvalue weighted by Crippen LogP contribution is -2.39. The van der Waals surface area contributed by atoms with Crippen molar-refractivity contribution in [3.05, 3.63) is 71.5 Å². The van der Waals surface area contributed by atoms with E-state index in [9.17, 15) is 18.0 Å². The molecule has 0 unspecified atom stereocenters. The predicted octanol–water partition coefficient (Wildman–Crippen LogP) is 3.87. The monoisotopic (exact) mass is 415 g/mol. The number of terminal acetylenes is 1. The van der Waals surface area contributed by atoms with Gasteiger partial charge in [0.1, 0.15) is 6.61 Å². The molecule has 30 heavy (non-hydrogen) atoms. The number of allylic oxidation sites excluding steroid dienone is 3. The van der Waals surface area contributed by atoms with Gasteiger partial charge < -0.3 is 9.64 Å². The van der Waals surface area contributed by atoms with E-state index in [1.807, 2.05) is 30.3 Å². The molecule has 1 aromatic heterocycles. The van der Waals surface area contributed by atoms with Crippen LogP contribution >= 0.6 is 0 Å². The van der Waals surface area contributed by atoms with Gasteiger partial charge in [-0.15, -0.1) is 11.5 Å². The van der Waals surface area contributed by atoms with Gasteiger partial charge >= 0.3 is 6.18 Å². The number of rotatable bonds is 6. The summed E-state index contributed by atoms with van der Waals surface area (Å²) < 4.78 is 46.1. The number of aromatic nitrogens is 2. The Kier molecular flexibility index (Phi) is 6.62. The number of carbonyl (C=O) groups excluding carboxylic acids is 1. The highest BCUT2D eigenvalue weighted by Gasteiger charge is 2.34. The summed E-state index contributed by atoms with van der Waals surface area (Å²) in [5.74, 6) is 1.92. The summed E-state index contributed by atoms with van der Waals surface area (Å²) >= 11 is 0. The van der Waals surface area contributed by atoms with Crippen LogP contribution in [0.2, 0.25) is 0 Å². The third-order valence-electron chi connectivity index (χ3n) is 4.45. The van der Waals surface area contributed by atoms with Crippen molar-refractivity contribution in [1.82, 2.24) is 14.7 Å². The van der Waals surface area contributed by atoms with Crippen molar-refractivity contribution in [3.63, 3.8) is 0 Å². The number of ether oxygens (including phenoxy) is 1. The number of fused-ring (bicyclic) bond motifs is 1. The molecule has 0 saturated carbocycles. The van der Waals surface area contributed by atoms with Crippen LogP contribution in [-0.4, -0.2) is 33.3 Å². The average Bonchev–Trinajstić information content (AvgIpc) is 3.13. The minimum Gasteiger partial charge on any atom is -0.472 e. The smallest absolute Gasteiger partial charge is 0.393 e. The highest BCUT2D eigenvalue weighted by molar-refractivity contribution is 5.93. The van der Waals surface area contributed by atoms with Gasteiger partial charge in [-0.25, -0.2) is 0 Å². The molecular weight excluding hydrogens is 395 g/mol. The highest BCUT2D eigenvalue weighted by atomic mass is 19.4. The first-order chi connectivity index (χ1) is 14.4. The summed E-state index contributed by atoms with van der Waals surface area (Å²) in [5.41, 5.74) is 1.33. The standard InChI is InChI=1S/C22H20F3N3O2/c1-2-3-5-10-18(14-22(23,24)25)21(29)27-11-12-28-19(15-27)13-20(26-28)30-16-17-8-6-4-7-9-17/h1,3-10,13H,11-12,14-16H2/b5-3-,18-10+. The predicted molar refractivity (Wildman–Crippen MR) is 105 cm³/mol. The minimum absolute atomic E-state index is 0.147. The van der Waals surface area contributed by atoms with Crippen molar-refractivity contribution in [1.29, 1.82) is 0 Å². The van der Waals surface area contributed by atoms with Crippen LogP contribution in [0, 0.1) is 12.3 Å². The van der Waals surface area contributed by atoms with Crippen molar-refractivity contribution in [3.8, 4) is 18.2 Å². The molecular formula is C22H20F3N3O2. The molecule has 1 aliphatic rings. The van der Waals surface area contributed by atoms with Crippen LogP contribution in [0.5, 0.6) is 5.88 Å². The van der Waals surface area contributed by atoms with E-state index in [0.717, 1.165) is 11.6 Å².